The molecule has 3 heterocycles. The van der Waals surface area contributed by atoms with Crippen LogP contribution in [0.4, 0.5) is 5.82 Å². The number of aromatic nitrogens is 3. The van der Waals surface area contributed by atoms with Crippen LogP contribution in [0.5, 0.6) is 0 Å². The molecule has 1 unspecified atom stereocenters. The smallest absolute Gasteiger partial charge is 0.255 e. The third kappa shape index (κ3) is 4.70. The van der Waals surface area contributed by atoms with Crippen LogP contribution < -0.4 is 10.2 Å². The molecule has 2 atom stereocenters. The van der Waals surface area contributed by atoms with Gasteiger partial charge in [0.1, 0.15) is 11.3 Å². The van der Waals surface area contributed by atoms with Gasteiger partial charge in [-0.2, -0.15) is 0 Å². The number of nitrogens with zero attached hydrogens (tertiary/aromatic N) is 4. The Hall–Kier alpha value is -2.98. The van der Waals surface area contributed by atoms with Crippen LogP contribution in [0.2, 0.25) is 0 Å². The van der Waals surface area contributed by atoms with Crippen LogP contribution in [0, 0.1) is 0 Å². The first-order valence-corrected chi connectivity index (χ1v) is 10.1. The molecular formula is C21H30N6O4. The van der Waals surface area contributed by atoms with Crippen molar-refractivity contribution in [3.8, 4) is 0 Å². The summed E-state index contributed by atoms with van der Waals surface area (Å²) in [5.74, 6) is 0.266. The van der Waals surface area contributed by atoms with Gasteiger partial charge < -0.3 is 29.6 Å². The Balaban J connectivity index is 1.87. The van der Waals surface area contributed by atoms with Crippen LogP contribution in [0.25, 0.3) is 11.2 Å². The second-order valence-electron chi connectivity index (χ2n) is 8.00. The van der Waals surface area contributed by atoms with Gasteiger partial charge in [0.05, 0.1) is 30.5 Å². The topological polar surface area (TPSA) is 113 Å². The second-order valence-corrected chi connectivity index (χ2v) is 8.00. The Morgan fingerprint density at radius 2 is 2.16 bits per heavy atom. The van der Waals surface area contributed by atoms with Gasteiger partial charge in [-0.3, -0.25) is 9.59 Å². The summed E-state index contributed by atoms with van der Waals surface area (Å²) in [5.41, 5.74) is 0.904. The summed E-state index contributed by atoms with van der Waals surface area (Å²) in [6.07, 6.45) is 4.61. The van der Waals surface area contributed by atoms with E-state index >= 15 is 0 Å². The number of carbonyl (C=O) groups excluding carboxylic acids is 2. The Bertz CT molecular complexity index is 960. The molecule has 0 radical (unpaired) electrons. The lowest BCUT2D eigenvalue weighted by atomic mass is 9.96. The normalized spacial score (nSPS) is 20.0. The van der Waals surface area contributed by atoms with Gasteiger partial charge in [-0.05, 0) is 19.9 Å². The Morgan fingerprint density at radius 3 is 2.84 bits per heavy atom. The van der Waals surface area contributed by atoms with Crippen molar-refractivity contribution in [2.24, 2.45) is 0 Å². The number of fused-ring (bicyclic) bond motifs is 1. The Morgan fingerprint density at radius 1 is 1.39 bits per heavy atom. The number of amides is 2. The molecule has 1 saturated heterocycles. The number of hydrogen-bond acceptors (Lipinski definition) is 7. The van der Waals surface area contributed by atoms with E-state index in [2.05, 4.69) is 26.8 Å². The fourth-order valence-electron chi connectivity index (χ4n) is 3.98. The minimum atomic E-state index is -0.553. The molecule has 1 aliphatic heterocycles. The van der Waals surface area contributed by atoms with E-state index in [0.29, 0.717) is 55.4 Å². The van der Waals surface area contributed by atoms with E-state index < -0.39 is 5.54 Å². The van der Waals surface area contributed by atoms with Gasteiger partial charge in [0, 0.05) is 46.1 Å². The summed E-state index contributed by atoms with van der Waals surface area (Å²) in [4.78, 5) is 41.0. The highest BCUT2D eigenvalue weighted by Crippen LogP contribution is 2.27. The molecule has 3 rings (SSSR count). The zero-order valence-corrected chi connectivity index (χ0v) is 18.5. The highest BCUT2D eigenvalue weighted by Gasteiger charge is 2.40. The third-order valence-electron chi connectivity index (χ3n) is 5.40. The maximum absolute atomic E-state index is 12.7. The zero-order valence-electron chi connectivity index (χ0n) is 18.5. The number of hydrogen-bond donors (Lipinski definition) is 2. The highest BCUT2D eigenvalue weighted by molar-refractivity contribution is 6.04. The Kier molecular flexibility index (Phi) is 6.91. The predicted octanol–water partition coefficient (Wildman–Crippen LogP) is 0.962. The quantitative estimate of drug-likeness (QED) is 0.600. The molecule has 0 aromatic carbocycles. The van der Waals surface area contributed by atoms with Gasteiger partial charge in [0.25, 0.3) is 5.91 Å². The number of rotatable bonds is 8. The number of H-pyrrole nitrogens is 1. The molecule has 10 nitrogen and oxygen atoms in total. The molecule has 168 valence electrons. The molecule has 10 heteroatoms. The summed E-state index contributed by atoms with van der Waals surface area (Å²) < 4.78 is 10.5. The lowest BCUT2D eigenvalue weighted by Gasteiger charge is -2.48. The van der Waals surface area contributed by atoms with Gasteiger partial charge in [-0.25, -0.2) is 9.97 Å². The van der Waals surface area contributed by atoms with Crippen LogP contribution in [-0.4, -0.2) is 90.3 Å². The number of ether oxygens (including phenoxy) is 2. The maximum Gasteiger partial charge on any atom is 0.255 e. The molecule has 0 saturated carbocycles. The van der Waals surface area contributed by atoms with E-state index in [1.165, 1.54) is 6.08 Å². The average Bonchev–Trinajstić information content (AvgIpc) is 3.16. The third-order valence-corrected chi connectivity index (χ3v) is 5.40. The van der Waals surface area contributed by atoms with Gasteiger partial charge >= 0.3 is 0 Å². The van der Waals surface area contributed by atoms with Crippen LogP contribution in [0.15, 0.2) is 25.0 Å². The molecule has 0 spiro atoms. The van der Waals surface area contributed by atoms with E-state index in [1.54, 1.807) is 31.5 Å². The van der Waals surface area contributed by atoms with Gasteiger partial charge in [-0.1, -0.05) is 6.58 Å². The van der Waals surface area contributed by atoms with E-state index in [4.69, 9.17) is 14.5 Å². The fraction of sp³-hybridized carbons (Fsp3) is 0.524. The minimum absolute atomic E-state index is 0.129. The minimum Gasteiger partial charge on any atom is -0.383 e. The molecule has 0 aliphatic carbocycles. The number of nitrogens with one attached hydrogen (secondary N) is 2. The summed E-state index contributed by atoms with van der Waals surface area (Å²) in [6.45, 7) is 9.82. The Labute approximate surface area is 181 Å². The molecule has 2 N–H and O–H groups in total. The van der Waals surface area contributed by atoms with Crippen LogP contribution in [0.1, 0.15) is 24.2 Å². The van der Waals surface area contributed by atoms with E-state index in [1.807, 2.05) is 13.8 Å². The molecule has 1 fully saturated rings. The van der Waals surface area contributed by atoms with Crippen molar-refractivity contribution in [2.75, 3.05) is 52.0 Å². The number of carbonyl (C=O) groups is 2. The van der Waals surface area contributed by atoms with E-state index in [0.717, 1.165) is 0 Å². The molecule has 0 bridgehead atoms. The van der Waals surface area contributed by atoms with Crippen molar-refractivity contribution in [3.63, 3.8) is 0 Å². The summed E-state index contributed by atoms with van der Waals surface area (Å²) >= 11 is 0. The summed E-state index contributed by atoms with van der Waals surface area (Å²) in [6, 6.07) is -0.135. The van der Waals surface area contributed by atoms with Crippen molar-refractivity contribution in [2.45, 2.75) is 25.4 Å². The first-order valence-electron chi connectivity index (χ1n) is 10.1. The van der Waals surface area contributed by atoms with Gasteiger partial charge in [-0.15, -0.1) is 0 Å². The van der Waals surface area contributed by atoms with Crippen LogP contribution in [-0.2, 0) is 14.3 Å². The lowest BCUT2D eigenvalue weighted by Crippen LogP contribution is -2.64. The molecule has 2 aromatic heterocycles. The highest BCUT2D eigenvalue weighted by atomic mass is 16.5. The van der Waals surface area contributed by atoms with E-state index in [9.17, 15) is 9.59 Å². The van der Waals surface area contributed by atoms with Crippen molar-refractivity contribution >= 4 is 28.8 Å². The van der Waals surface area contributed by atoms with Crippen LogP contribution in [0.3, 0.4) is 0 Å². The number of methoxy groups -OCH3 is 2. The van der Waals surface area contributed by atoms with Crippen molar-refractivity contribution in [3.05, 3.63) is 30.6 Å². The monoisotopic (exact) mass is 430 g/mol. The first kappa shape index (κ1) is 22.7. The molecule has 31 heavy (non-hydrogen) atoms. The molecule has 2 aromatic rings. The maximum atomic E-state index is 12.7. The SMILES string of the molecule is C=CC(=O)N1CCN(c2cnc3[nH]cc(C(=O)N[C@@H](C)COC)c3n2)CC1(C)COC. The van der Waals surface area contributed by atoms with Crippen LogP contribution >= 0.6 is 0 Å². The van der Waals surface area contributed by atoms with E-state index in [-0.39, 0.29) is 17.9 Å². The fourth-order valence-corrected chi connectivity index (χ4v) is 3.98. The number of aromatic amines is 1. The molecular weight excluding hydrogens is 400 g/mol. The van der Waals surface area contributed by atoms with Crippen molar-refractivity contribution in [1.29, 1.82) is 0 Å². The first-order chi connectivity index (χ1) is 14.8. The summed E-state index contributed by atoms with van der Waals surface area (Å²) in [5, 5.41) is 2.89. The summed E-state index contributed by atoms with van der Waals surface area (Å²) in [7, 11) is 3.20. The zero-order chi connectivity index (χ0) is 22.6. The second kappa shape index (κ2) is 9.44. The standard InChI is InChI=1S/C21H30N6O4/c1-6-17(28)27-8-7-26(12-21(27,3)13-31-5)16-10-23-19-18(25-16)15(9-22-19)20(29)24-14(2)11-30-4/h6,9-10,14H,1,7-8,11-13H2,2-5H3,(H,22,23)(H,24,29)/t14-,21?/m0/s1. The van der Waals surface area contributed by atoms with Gasteiger partial charge in [0.15, 0.2) is 5.65 Å². The largest absolute Gasteiger partial charge is 0.383 e. The molecule has 1 aliphatic rings. The number of piperazine rings is 1. The van der Waals surface area contributed by atoms with Crippen molar-refractivity contribution < 1.29 is 19.1 Å². The molecule has 2 amide bonds. The predicted molar refractivity (Wildman–Crippen MR) is 117 cm³/mol. The average molecular weight is 431 g/mol. The number of anilines is 1. The van der Waals surface area contributed by atoms with Gasteiger partial charge in [0.2, 0.25) is 5.91 Å². The van der Waals surface area contributed by atoms with Crippen molar-refractivity contribution in [1.82, 2.24) is 25.2 Å². The lowest BCUT2D eigenvalue weighted by molar-refractivity contribution is -0.134.